The van der Waals surface area contributed by atoms with Crippen LogP contribution in [0.5, 0.6) is 5.75 Å². The number of nitrogens with zero attached hydrogens (tertiary/aromatic N) is 1. The molecule has 0 aliphatic rings. The molecule has 1 atom stereocenters. The highest BCUT2D eigenvalue weighted by atomic mass is 16.5. The van der Waals surface area contributed by atoms with Crippen molar-refractivity contribution in [3.8, 4) is 5.75 Å². The predicted octanol–water partition coefficient (Wildman–Crippen LogP) is 1.16. The van der Waals surface area contributed by atoms with Gasteiger partial charge in [-0.25, -0.2) is 0 Å². The molecule has 1 rings (SSSR count). The third-order valence-corrected chi connectivity index (χ3v) is 3.02. The smallest absolute Gasteiger partial charge is 0.260 e. The molecule has 118 valence electrons. The van der Waals surface area contributed by atoms with Gasteiger partial charge in [-0.05, 0) is 19.1 Å². The number of rotatable bonds is 9. The molecule has 0 bridgehead atoms. The predicted molar refractivity (Wildman–Crippen MR) is 81.3 cm³/mol. The largest absolute Gasteiger partial charge is 0.484 e. The van der Waals surface area contributed by atoms with Crippen molar-refractivity contribution in [2.45, 2.75) is 13.0 Å². The van der Waals surface area contributed by atoms with Crippen LogP contribution in [0.2, 0.25) is 0 Å². The quantitative estimate of drug-likeness (QED) is 0.692. The maximum absolute atomic E-state index is 12.3. The fourth-order valence-electron chi connectivity index (χ4n) is 1.94. The minimum atomic E-state index is -0.112. The van der Waals surface area contributed by atoms with E-state index in [1.165, 1.54) is 0 Å². The summed E-state index contributed by atoms with van der Waals surface area (Å²) in [4.78, 5) is 14.0. The Kier molecular flexibility index (Phi) is 7.56. The fourth-order valence-corrected chi connectivity index (χ4v) is 1.94. The average Bonchev–Trinajstić information content (AvgIpc) is 2.46. The number of hydrogen-bond donors (Lipinski definition) is 1. The summed E-state index contributed by atoms with van der Waals surface area (Å²) in [6, 6.07) is 6.96. The van der Waals surface area contributed by atoms with Crippen molar-refractivity contribution in [2.24, 2.45) is 0 Å². The van der Waals surface area contributed by atoms with Gasteiger partial charge < -0.3 is 24.8 Å². The van der Waals surface area contributed by atoms with Gasteiger partial charge in [0.1, 0.15) is 5.75 Å². The Balaban J connectivity index is 2.58. The lowest BCUT2D eigenvalue weighted by Gasteiger charge is -2.28. The zero-order chi connectivity index (χ0) is 15.7. The van der Waals surface area contributed by atoms with E-state index in [-0.39, 0.29) is 18.6 Å². The van der Waals surface area contributed by atoms with Crippen molar-refractivity contribution in [3.05, 3.63) is 24.3 Å². The van der Waals surface area contributed by atoms with Crippen LogP contribution in [-0.4, -0.2) is 57.4 Å². The molecule has 6 nitrogen and oxygen atoms in total. The first kappa shape index (κ1) is 17.3. The highest BCUT2D eigenvalue weighted by Gasteiger charge is 2.20. The van der Waals surface area contributed by atoms with Crippen molar-refractivity contribution in [3.63, 3.8) is 0 Å². The molecular weight excluding hydrogens is 272 g/mol. The topological polar surface area (TPSA) is 74.0 Å². The fraction of sp³-hybridized carbons (Fsp3) is 0.533. The zero-order valence-corrected chi connectivity index (χ0v) is 12.9. The van der Waals surface area contributed by atoms with Crippen LogP contribution in [-0.2, 0) is 14.3 Å². The van der Waals surface area contributed by atoms with E-state index in [1.807, 2.05) is 6.92 Å². The second-order valence-electron chi connectivity index (χ2n) is 4.75. The highest BCUT2D eigenvalue weighted by molar-refractivity contribution is 5.78. The van der Waals surface area contributed by atoms with Gasteiger partial charge in [0.05, 0.1) is 19.3 Å². The molecule has 0 aliphatic heterocycles. The molecule has 0 radical (unpaired) electrons. The number of carbonyl (C=O) groups excluding carboxylic acids is 1. The van der Waals surface area contributed by atoms with Crippen molar-refractivity contribution < 1.29 is 19.0 Å². The standard InChI is InChI=1S/C15H24N2O4/c1-12(10-20-3)17(7-8-19-2)15(18)11-21-14-6-4-5-13(16)9-14/h4-6,9,12H,7-8,10-11,16H2,1-3H3. The molecule has 6 heteroatoms. The molecule has 21 heavy (non-hydrogen) atoms. The first-order valence-corrected chi connectivity index (χ1v) is 6.84. The van der Waals surface area contributed by atoms with Crippen molar-refractivity contribution in [2.75, 3.05) is 46.3 Å². The van der Waals surface area contributed by atoms with Gasteiger partial charge in [0.25, 0.3) is 5.91 Å². The summed E-state index contributed by atoms with van der Waals surface area (Å²) < 4.78 is 15.6. The zero-order valence-electron chi connectivity index (χ0n) is 12.9. The van der Waals surface area contributed by atoms with Crippen molar-refractivity contribution in [1.82, 2.24) is 4.90 Å². The number of methoxy groups -OCH3 is 2. The number of anilines is 1. The lowest BCUT2D eigenvalue weighted by Crippen LogP contribution is -2.45. The number of ether oxygens (including phenoxy) is 3. The molecule has 0 aromatic heterocycles. The normalized spacial score (nSPS) is 12.0. The van der Waals surface area contributed by atoms with E-state index in [2.05, 4.69) is 0 Å². The number of amides is 1. The third kappa shape index (κ3) is 6.01. The Morgan fingerprint density at radius 3 is 2.71 bits per heavy atom. The molecule has 1 aromatic rings. The number of nitrogens with two attached hydrogens (primary N) is 1. The second-order valence-corrected chi connectivity index (χ2v) is 4.75. The SMILES string of the molecule is COCCN(C(=O)COc1cccc(N)c1)C(C)COC. The van der Waals surface area contributed by atoms with Crippen LogP contribution < -0.4 is 10.5 Å². The van der Waals surface area contributed by atoms with Crippen LogP contribution in [0.3, 0.4) is 0 Å². The van der Waals surface area contributed by atoms with E-state index in [1.54, 1.807) is 43.4 Å². The first-order valence-electron chi connectivity index (χ1n) is 6.84. The van der Waals surface area contributed by atoms with Crippen LogP contribution in [0.1, 0.15) is 6.92 Å². The van der Waals surface area contributed by atoms with Crippen LogP contribution in [0.4, 0.5) is 5.69 Å². The summed E-state index contributed by atoms with van der Waals surface area (Å²) in [5, 5.41) is 0. The summed E-state index contributed by atoms with van der Waals surface area (Å²) in [7, 11) is 3.21. The maximum Gasteiger partial charge on any atom is 0.260 e. The number of hydrogen-bond acceptors (Lipinski definition) is 5. The number of nitrogen functional groups attached to an aromatic ring is 1. The highest BCUT2D eigenvalue weighted by Crippen LogP contribution is 2.14. The van der Waals surface area contributed by atoms with E-state index in [0.29, 0.717) is 31.2 Å². The van der Waals surface area contributed by atoms with Crippen LogP contribution >= 0.6 is 0 Å². The maximum atomic E-state index is 12.3. The molecule has 0 saturated heterocycles. The molecule has 0 spiro atoms. The van der Waals surface area contributed by atoms with Crippen LogP contribution in [0, 0.1) is 0 Å². The van der Waals surface area contributed by atoms with Gasteiger partial charge in [0, 0.05) is 32.5 Å². The van der Waals surface area contributed by atoms with E-state index in [0.717, 1.165) is 0 Å². The van der Waals surface area contributed by atoms with Gasteiger partial charge >= 0.3 is 0 Å². The van der Waals surface area contributed by atoms with Gasteiger partial charge in [0.15, 0.2) is 6.61 Å². The average molecular weight is 296 g/mol. The number of benzene rings is 1. The molecular formula is C15H24N2O4. The summed E-state index contributed by atoms with van der Waals surface area (Å²) in [5.41, 5.74) is 6.27. The molecule has 1 amide bonds. The summed E-state index contributed by atoms with van der Waals surface area (Å²) >= 11 is 0. The van der Waals surface area contributed by atoms with Gasteiger partial charge in [-0.1, -0.05) is 6.07 Å². The molecule has 0 aliphatic carbocycles. The van der Waals surface area contributed by atoms with Crippen LogP contribution in [0.15, 0.2) is 24.3 Å². The van der Waals surface area contributed by atoms with Gasteiger partial charge in [-0.2, -0.15) is 0 Å². The minimum Gasteiger partial charge on any atom is -0.484 e. The Hall–Kier alpha value is -1.79. The second kappa shape index (κ2) is 9.20. The van der Waals surface area contributed by atoms with Crippen molar-refractivity contribution in [1.29, 1.82) is 0 Å². The lowest BCUT2D eigenvalue weighted by molar-refractivity contribution is -0.137. The monoisotopic (exact) mass is 296 g/mol. The lowest BCUT2D eigenvalue weighted by atomic mass is 10.3. The van der Waals surface area contributed by atoms with Gasteiger partial charge in [-0.15, -0.1) is 0 Å². The third-order valence-electron chi connectivity index (χ3n) is 3.02. The van der Waals surface area contributed by atoms with E-state index >= 15 is 0 Å². The molecule has 0 heterocycles. The molecule has 1 unspecified atom stereocenters. The Morgan fingerprint density at radius 1 is 1.33 bits per heavy atom. The summed E-state index contributed by atoms with van der Waals surface area (Å²) in [6.07, 6.45) is 0. The minimum absolute atomic E-state index is 0.0397. The number of carbonyl (C=O) groups is 1. The van der Waals surface area contributed by atoms with E-state index < -0.39 is 0 Å². The molecule has 1 aromatic carbocycles. The molecule has 0 saturated carbocycles. The first-order chi connectivity index (χ1) is 10.1. The molecule has 0 fully saturated rings. The van der Waals surface area contributed by atoms with Gasteiger partial charge in [0.2, 0.25) is 0 Å². The Bertz CT molecular complexity index is 439. The van der Waals surface area contributed by atoms with E-state index in [9.17, 15) is 4.79 Å². The van der Waals surface area contributed by atoms with Crippen molar-refractivity contribution >= 4 is 11.6 Å². The Morgan fingerprint density at radius 2 is 2.10 bits per heavy atom. The molecule has 2 N–H and O–H groups in total. The van der Waals surface area contributed by atoms with Gasteiger partial charge in [-0.3, -0.25) is 4.79 Å². The summed E-state index contributed by atoms with van der Waals surface area (Å²) in [6.45, 7) is 3.32. The Labute approximate surface area is 125 Å². The van der Waals surface area contributed by atoms with Crippen LogP contribution in [0.25, 0.3) is 0 Å². The van der Waals surface area contributed by atoms with E-state index in [4.69, 9.17) is 19.9 Å². The summed E-state index contributed by atoms with van der Waals surface area (Å²) in [5.74, 6) is 0.466.